The van der Waals surface area contributed by atoms with E-state index in [9.17, 15) is 9.90 Å². The van der Waals surface area contributed by atoms with E-state index in [1.165, 1.54) is 0 Å². The lowest BCUT2D eigenvalue weighted by Gasteiger charge is -2.35. The molecule has 0 amide bonds. The van der Waals surface area contributed by atoms with Gasteiger partial charge in [-0.3, -0.25) is 9.78 Å². The number of rotatable bonds is 3. The van der Waals surface area contributed by atoms with E-state index >= 15 is 0 Å². The minimum atomic E-state index is -0.747. The molecule has 1 fully saturated rings. The summed E-state index contributed by atoms with van der Waals surface area (Å²) in [5, 5.41) is 13.4. The maximum Gasteiger partial charge on any atom is 0.308 e. The van der Waals surface area contributed by atoms with Crippen molar-refractivity contribution in [3.8, 4) is 5.82 Å². The lowest BCUT2D eigenvalue weighted by molar-refractivity contribution is -0.142. The molecule has 1 aliphatic rings. The number of aliphatic carboxylic acids is 1. The maximum atomic E-state index is 11.3. The standard InChI is InChI=1S/C14H17N5O2/c1-10-5-11(14(20)21)9-18(8-10)12-6-15-7-13(17-12)19-4-2-3-16-19/h2-4,6-7,10-11H,5,8-9H2,1H3,(H,20,21). The van der Waals surface area contributed by atoms with Crippen LogP contribution in [0.2, 0.25) is 0 Å². The Labute approximate surface area is 122 Å². The summed E-state index contributed by atoms with van der Waals surface area (Å²) in [7, 11) is 0. The van der Waals surface area contributed by atoms with E-state index in [1.807, 2.05) is 11.0 Å². The Balaban J connectivity index is 1.86. The molecule has 2 atom stereocenters. The van der Waals surface area contributed by atoms with Gasteiger partial charge in [0.15, 0.2) is 5.82 Å². The molecule has 2 unspecified atom stereocenters. The third-order valence-electron chi connectivity index (χ3n) is 3.68. The van der Waals surface area contributed by atoms with Gasteiger partial charge in [-0.25, -0.2) is 9.67 Å². The van der Waals surface area contributed by atoms with Crippen molar-refractivity contribution < 1.29 is 9.90 Å². The fourth-order valence-electron chi connectivity index (χ4n) is 2.73. The summed E-state index contributed by atoms with van der Waals surface area (Å²) in [5.41, 5.74) is 0. The molecule has 7 heteroatoms. The zero-order chi connectivity index (χ0) is 14.8. The molecule has 0 saturated carbocycles. The number of hydrogen-bond donors (Lipinski definition) is 1. The van der Waals surface area contributed by atoms with Gasteiger partial charge in [0.1, 0.15) is 5.82 Å². The number of carbonyl (C=O) groups is 1. The number of aromatic nitrogens is 4. The normalized spacial score (nSPS) is 22.2. The molecule has 3 heterocycles. The highest BCUT2D eigenvalue weighted by molar-refractivity contribution is 5.71. The van der Waals surface area contributed by atoms with Crippen LogP contribution in [-0.2, 0) is 4.79 Å². The average Bonchev–Trinajstić information content (AvgIpc) is 3.01. The molecule has 1 saturated heterocycles. The van der Waals surface area contributed by atoms with Crippen LogP contribution in [0.4, 0.5) is 5.82 Å². The van der Waals surface area contributed by atoms with Gasteiger partial charge in [0.05, 0.1) is 18.3 Å². The maximum absolute atomic E-state index is 11.3. The molecule has 0 radical (unpaired) electrons. The van der Waals surface area contributed by atoms with Crippen molar-refractivity contribution in [3.63, 3.8) is 0 Å². The Kier molecular flexibility index (Phi) is 3.55. The molecule has 7 nitrogen and oxygen atoms in total. The fourth-order valence-corrected chi connectivity index (χ4v) is 2.73. The summed E-state index contributed by atoms with van der Waals surface area (Å²) in [6.45, 7) is 3.32. The number of carboxylic acids is 1. The predicted octanol–water partition coefficient (Wildman–Crippen LogP) is 1.21. The van der Waals surface area contributed by atoms with Gasteiger partial charge in [-0.2, -0.15) is 5.10 Å². The highest BCUT2D eigenvalue weighted by Crippen LogP contribution is 2.25. The first-order valence-electron chi connectivity index (χ1n) is 6.93. The number of piperidine rings is 1. The number of anilines is 1. The van der Waals surface area contributed by atoms with Crippen LogP contribution in [0.5, 0.6) is 0 Å². The Bertz CT molecular complexity index is 628. The zero-order valence-electron chi connectivity index (χ0n) is 11.8. The molecular weight excluding hydrogens is 270 g/mol. The minimum absolute atomic E-state index is 0.315. The number of hydrogen-bond acceptors (Lipinski definition) is 5. The first kappa shape index (κ1) is 13.5. The van der Waals surface area contributed by atoms with Gasteiger partial charge in [-0.05, 0) is 18.4 Å². The third kappa shape index (κ3) is 2.86. The second-order valence-corrected chi connectivity index (χ2v) is 5.47. The van der Waals surface area contributed by atoms with Crippen molar-refractivity contribution in [2.75, 3.05) is 18.0 Å². The topological polar surface area (TPSA) is 84.1 Å². The molecule has 110 valence electrons. The molecule has 0 aliphatic carbocycles. The fraction of sp³-hybridized carbons (Fsp3) is 0.429. The van der Waals surface area contributed by atoms with Gasteiger partial charge >= 0.3 is 5.97 Å². The predicted molar refractivity (Wildman–Crippen MR) is 76.3 cm³/mol. The van der Waals surface area contributed by atoms with E-state index in [4.69, 9.17) is 0 Å². The van der Waals surface area contributed by atoms with Gasteiger partial charge in [0.2, 0.25) is 0 Å². The Morgan fingerprint density at radius 3 is 2.86 bits per heavy atom. The van der Waals surface area contributed by atoms with E-state index in [0.29, 0.717) is 30.5 Å². The average molecular weight is 287 g/mol. The van der Waals surface area contributed by atoms with Crippen LogP contribution < -0.4 is 4.90 Å². The highest BCUT2D eigenvalue weighted by Gasteiger charge is 2.30. The summed E-state index contributed by atoms with van der Waals surface area (Å²) in [6.07, 6.45) is 7.49. The number of nitrogens with zero attached hydrogens (tertiary/aromatic N) is 5. The van der Waals surface area contributed by atoms with Gasteiger partial charge in [-0.1, -0.05) is 6.92 Å². The van der Waals surface area contributed by atoms with Crippen molar-refractivity contribution in [2.24, 2.45) is 11.8 Å². The molecule has 0 spiro atoms. The SMILES string of the molecule is CC1CC(C(=O)O)CN(c2cncc(-n3cccn3)n2)C1. The van der Waals surface area contributed by atoms with Crippen LogP contribution in [-0.4, -0.2) is 43.9 Å². The second-order valence-electron chi connectivity index (χ2n) is 5.47. The van der Waals surface area contributed by atoms with Crippen LogP contribution in [0, 0.1) is 11.8 Å². The van der Waals surface area contributed by atoms with E-state index in [2.05, 4.69) is 22.0 Å². The van der Waals surface area contributed by atoms with Crippen molar-refractivity contribution in [1.82, 2.24) is 19.7 Å². The van der Waals surface area contributed by atoms with E-state index < -0.39 is 5.97 Å². The van der Waals surface area contributed by atoms with Crippen LogP contribution in [0.25, 0.3) is 5.82 Å². The van der Waals surface area contributed by atoms with Crippen molar-refractivity contribution in [1.29, 1.82) is 0 Å². The molecule has 1 aliphatic heterocycles. The summed E-state index contributed by atoms with van der Waals surface area (Å²) in [6, 6.07) is 1.82. The molecule has 3 rings (SSSR count). The van der Waals surface area contributed by atoms with Crippen molar-refractivity contribution in [3.05, 3.63) is 30.9 Å². The molecule has 0 aromatic carbocycles. The lowest BCUT2D eigenvalue weighted by Crippen LogP contribution is -2.43. The zero-order valence-corrected chi connectivity index (χ0v) is 11.8. The van der Waals surface area contributed by atoms with Gasteiger partial charge in [-0.15, -0.1) is 0 Å². The first-order chi connectivity index (χ1) is 10.1. The Morgan fingerprint density at radius 1 is 1.33 bits per heavy atom. The molecule has 0 bridgehead atoms. The molecule has 2 aromatic rings. The van der Waals surface area contributed by atoms with Crippen molar-refractivity contribution >= 4 is 11.8 Å². The van der Waals surface area contributed by atoms with E-state index in [-0.39, 0.29) is 5.92 Å². The minimum Gasteiger partial charge on any atom is -0.481 e. The largest absolute Gasteiger partial charge is 0.481 e. The lowest BCUT2D eigenvalue weighted by atomic mass is 9.90. The number of carboxylic acid groups (broad SMARTS) is 1. The third-order valence-corrected chi connectivity index (χ3v) is 3.68. The monoisotopic (exact) mass is 287 g/mol. The molecular formula is C14H17N5O2. The van der Waals surface area contributed by atoms with Crippen molar-refractivity contribution in [2.45, 2.75) is 13.3 Å². The Hall–Kier alpha value is -2.44. The van der Waals surface area contributed by atoms with E-state index in [0.717, 1.165) is 6.54 Å². The summed E-state index contributed by atoms with van der Waals surface area (Å²) >= 11 is 0. The van der Waals surface area contributed by atoms with E-state index in [1.54, 1.807) is 29.5 Å². The smallest absolute Gasteiger partial charge is 0.308 e. The quantitative estimate of drug-likeness (QED) is 0.913. The summed E-state index contributed by atoms with van der Waals surface area (Å²) in [4.78, 5) is 22.0. The molecule has 1 N–H and O–H groups in total. The van der Waals surface area contributed by atoms with Gasteiger partial charge in [0.25, 0.3) is 0 Å². The highest BCUT2D eigenvalue weighted by atomic mass is 16.4. The first-order valence-corrected chi connectivity index (χ1v) is 6.93. The van der Waals surface area contributed by atoms with Gasteiger partial charge < -0.3 is 10.0 Å². The molecule has 21 heavy (non-hydrogen) atoms. The van der Waals surface area contributed by atoms with Crippen LogP contribution in [0.3, 0.4) is 0 Å². The summed E-state index contributed by atoms with van der Waals surface area (Å²) < 4.78 is 1.64. The second kappa shape index (κ2) is 5.51. The Morgan fingerprint density at radius 2 is 2.14 bits per heavy atom. The van der Waals surface area contributed by atoms with Gasteiger partial charge in [0, 0.05) is 25.5 Å². The molecule has 2 aromatic heterocycles. The van der Waals surface area contributed by atoms with Crippen LogP contribution in [0.15, 0.2) is 30.9 Å². The van der Waals surface area contributed by atoms with Crippen LogP contribution >= 0.6 is 0 Å². The summed E-state index contributed by atoms with van der Waals surface area (Å²) in [5.74, 6) is 0.532. The van der Waals surface area contributed by atoms with Crippen LogP contribution in [0.1, 0.15) is 13.3 Å².